The zero-order chi connectivity index (χ0) is 15.2. The SMILES string of the molecule is COC(=O)c1ccc(COc2ccc(N)cc2C#N)cc1. The van der Waals surface area contributed by atoms with E-state index >= 15 is 0 Å². The van der Waals surface area contributed by atoms with Crippen molar-refractivity contribution in [2.24, 2.45) is 0 Å². The van der Waals surface area contributed by atoms with Crippen LogP contribution >= 0.6 is 0 Å². The first kappa shape index (κ1) is 14.4. The normalized spacial score (nSPS) is 9.71. The number of nitrogens with two attached hydrogens (primary N) is 1. The van der Waals surface area contributed by atoms with Crippen LogP contribution in [0.1, 0.15) is 21.5 Å². The minimum atomic E-state index is -0.382. The lowest BCUT2D eigenvalue weighted by molar-refractivity contribution is 0.0600. The highest BCUT2D eigenvalue weighted by molar-refractivity contribution is 5.89. The van der Waals surface area contributed by atoms with Gasteiger partial charge in [0.05, 0.1) is 18.2 Å². The molecule has 0 heterocycles. The van der Waals surface area contributed by atoms with Crippen LogP contribution in [0.2, 0.25) is 0 Å². The average Bonchev–Trinajstić information content (AvgIpc) is 2.53. The number of hydrogen-bond donors (Lipinski definition) is 1. The molecule has 5 nitrogen and oxygen atoms in total. The molecule has 21 heavy (non-hydrogen) atoms. The maximum Gasteiger partial charge on any atom is 0.337 e. The maximum absolute atomic E-state index is 11.3. The lowest BCUT2D eigenvalue weighted by Gasteiger charge is -2.09. The summed E-state index contributed by atoms with van der Waals surface area (Å²) in [5, 5.41) is 9.03. The molecule has 0 radical (unpaired) electrons. The summed E-state index contributed by atoms with van der Waals surface area (Å²) in [7, 11) is 1.34. The van der Waals surface area contributed by atoms with E-state index in [0.717, 1.165) is 5.56 Å². The topological polar surface area (TPSA) is 85.3 Å². The molecule has 2 aromatic carbocycles. The van der Waals surface area contributed by atoms with E-state index in [1.807, 2.05) is 6.07 Å². The number of nitrogens with zero attached hydrogens (tertiary/aromatic N) is 1. The van der Waals surface area contributed by atoms with E-state index in [2.05, 4.69) is 4.74 Å². The number of methoxy groups -OCH3 is 1. The number of anilines is 1. The van der Waals surface area contributed by atoms with E-state index in [1.54, 1.807) is 42.5 Å². The highest BCUT2D eigenvalue weighted by atomic mass is 16.5. The minimum absolute atomic E-state index is 0.292. The Morgan fingerprint density at radius 2 is 1.95 bits per heavy atom. The van der Waals surface area contributed by atoms with Crippen LogP contribution in [-0.4, -0.2) is 13.1 Å². The molecule has 0 bridgehead atoms. The van der Waals surface area contributed by atoms with E-state index in [0.29, 0.717) is 29.2 Å². The second-order valence-electron chi connectivity index (χ2n) is 4.34. The molecule has 5 heteroatoms. The summed E-state index contributed by atoms with van der Waals surface area (Å²) in [6.45, 7) is 0.292. The molecule has 0 unspecified atom stereocenters. The number of carbonyl (C=O) groups excluding carboxylic acids is 1. The van der Waals surface area contributed by atoms with Gasteiger partial charge in [-0.2, -0.15) is 5.26 Å². The van der Waals surface area contributed by atoms with E-state index in [4.69, 9.17) is 15.7 Å². The second kappa shape index (κ2) is 6.44. The first-order valence-electron chi connectivity index (χ1n) is 6.23. The molecule has 0 aliphatic heterocycles. The molecule has 0 saturated carbocycles. The zero-order valence-corrected chi connectivity index (χ0v) is 11.5. The van der Waals surface area contributed by atoms with E-state index in [9.17, 15) is 4.79 Å². The monoisotopic (exact) mass is 282 g/mol. The van der Waals surface area contributed by atoms with Gasteiger partial charge in [0.1, 0.15) is 18.4 Å². The Morgan fingerprint density at radius 3 is 2.57 bits per heavy atom. The Morgan fingerprint density at radius 1 is 1.24 bits per heavy atom. The Kier molecular flexibility index (Phi) is 4.42. The number of nitrogen functional groups attached to an aromatic ring is 1. The van der Waals surface area contributed by atoms with Crippen molar-refractivity contribution in [3.05, 3.63) is 59.2 Å². The van der Waals surface area contributed by atoms with Gasteiger partial charge in [-0.25, -0.2) is 4.79 Å². The zero-order valence-electron chi connectivity index (χ0n) is 11.5. The van der Waals surface area contributed by atoms with Crippen LogP contribution in [0, 0.1) is 11.3 Å². The van der Waals surface area contributed by atoms with Gasteiger partial charge in [-0.1, -0.05) is 12.1 Å². The van der Waals surface area contributed by atoms with Crippen LogP contribution in [0.3, 0.4) is 0 Å². The largest absolute Gasteiger partial charge is 0.488 e. The molecule has 0 spiro atoms. The lowest BCUT2D eigenvalue weighted by Crippen LogP contribution is -2.02. The van der Waals surface area contributed by atoms with Gasteiger partial charge in [-0.3, -0.25) is 0 Å². The van der Waals surface area contributed by atoms with Crippen LogP contribution in [0.15, 0.2) is 42.5 Å². The molecule has 0 aromatic heterocycles. The van der Waals surface area contributed by atoms with Crippen molar-refractivity contribution in [1.82, 2.24) is 0 Å². The van der Waals surface area contributed by atoms with E-state index in [-0.39, 0.29) is 5.97 Å². The average molecular weight is 282 g/mol. The number of rotatable bonds is 4. The Bertz CT molecular complexity index is 688. The number of hydrogen-bond acceptors (Lipinski definition) is 5. The van der Waals surface area contributed by atoms with Crippen molar-refractivity contribution in [2.45, 2.75) is 6.61 Å². The maximum atomic E-state index is 11.3. The number of esters is 1. The molecule has 2 rings (SSSR count). The predicted octanol–water partition coefficient (Wildman–Crippen LogP) is 2.51. The lowest BCUT2D eigenvalue weighted by atomic mass is 10.1. The third-order valence-corrected chi connectivity index (χ3v) is 2.89. The van der Waals surface area contributed by atoms with Gasteiger partial charge in [-0.05, 0) is 35.9 Å². The fraction of sp³-hybridized carbons (Fsp3) is 0.125. The summed E-state index contributed by atoms with van der Waals surface area (Å²) in [4.78, 5) is 11.3. The predicted molar refractivity (Wildman–Crippen MR) is 77.7 cm³/mol. The molecule has 0 amide bonds. The summed E-state index contributed by atoms with van der Waals surface area (Å²) in [5.41, 5.74) is 7.88. The number of benzene rings is 2. The van der Waals surface area contributed by atoms with Gasteiger partial charge >= 0.3 is 5.97 Å². The van der Waals surface area contributed by atoms with Crippen LogP contribution in [0.5, 0.6) is 5.75 Å². The van der Waals surface area contributed by atoms with E-state index < -0.39 is 0 Å². The van der Waals surface area contributed by atoms with E-state index in [1.165, 1.54) is 7.11 Å². The molecule has 106 valence electrons. The second-order valence-corrected chi connectivity index (χ2v) is 4.34. The van der Waals surface area contributed by atoms with Gasteiger partial charge in [-0.15, -0.1) is 0 Å². The third-order valence-electron chi connectivity index (χ3n) is 2.89. The van der Waals surface area contributed by atoms with Crippen molar-refractivity contribution in [3.8, 4) is 11.8 Å². The Balaban J connectivity index is 2.07. The van der Waals surface area contributed by atoms with Crippen LogP contribution in [-0.2, 0) is 11.3 Å². The molecule has 0 aliphatic carbocycles. The first-order chi connectivity index (χ1) is 10.1. The third kappa shape index (κ3) is 3.51. The molecule has 0 saturated heterocycles. The Labute approximate surface area is 122 Å². The molecular weight excluding hydrogens is 268 g/mol. The molecule has 0 aliphatic rings. The van der Waals surface area contributed by atoms with Gasteiger partial charge in [0, 0.05) is 5.69 Å². The fourth-order valence-electron chi connectivity index (χ4n) is 1.78. The highest BCUT2D eigenvalue weighted by Crippen LogP contribution is 2.21. The summed E-state index contributed by atoms with van der Waals surface area (Å²) < 4.78 is 10.2. The number of ether oxygens (including phenoxy) is 2. The number of nitriles is 1. The van der Waals surface area contributed by atoms with Crippen molar-refractivity contribution >= 4 is 11.7 Å². The molecule has 2 aromatic rings. The van der Waals surface area contributed by atoms with Gasteiger partial charge in [0.25, 0.3) is 0 Å². The minimum Gasteiger partial charge on any atom is -0.488 e. The summed E-state index contributed by atoms with van der Waals surface area (Å²) >= 11 is 0. The highest BCUT2D eigenvalue weighted by Gasteiger charge is 2.06. The smallest absolute Gasteiger partial charge is 0.337 e. The molecule has 0 fully saturated rings. The standard InChI is InChI=1S/C16H14N2O3/c1-20-16(19)12-4-2-11(3-5-12)10-21-15-7-6-14(18)8-13(15)9-17/h2-8H,10,18H2,1H3. The van der Waals surface area contributed by atoms with Crippen molar-refractivity contribution in [3.63, 3.8) is 0 Å². The van der Waals surface area contributed by atoms with Crippen molar-refractivity contribution < 1.29 is 14.3 Å². The van der Waals surface area contributed by atoms with Crippen LogP contribution in [0.25, 0.3) is 0 Å². The molecule has 0 atom stereocenters. The van der Waals surface area contributed by atoms with Crippen molar-refractivity contribution in [2.75, 3.05) is 12.8 Å². The summed E-state index contributed by atoms with van der Waals surface area (Å²) in [5.74, 6) is 0.0940. The Hall–Kier alpha value is -3.00. The fourth-order valence-corrected chi connectivity index (χ4v) is 1.78. The quantitative estimate of drug-likeness (QED) is 0.688. The number of carbonyl (C=O) groups is 1. The summed E-state index contributed by atoms with van der Waals surface area (Å²) in [6.07, 6.45) is 0. The van der Waals surface area contributed by atoms with Gasteiger partial charge in [0.15, 0.2) is 0 Å². The van der Waals surface area contributed by atoms with Gasteiger partial charge < -0.3 is 15.2 Å². The molecule has 2 N–H and O–H groups in total. The van der Waals surface area contributed by atoms with Crippen molar-refractivity contribution in [1.29, 1.82) is 5.26 Å². The first-order valence-corrected chi connectivity index (χ1v) is 6.23. The van der Waals surface area contributed by atoms with Gasteiger partial charge in [0.2, 0.25) is 0 Å². The summed E-state index contributed by atoms with van der Waals surface area (Å²) in [6, 6.07) is 13.8. The van der Waals surface area contributed by atoms with Crippen LogP contribution < -0.4 is 10.5 Å². The van der Waals surface area contributed by atoms with Crippen LogP contribution in [0.4, 0.5) is 5.69 Å². The molecular formula is C16H14N2O3.